The third-order valence-corrected chi connectivity index (χ3v) is 23.6. The summed E-state index contributed by atoms with van der Waals surface area (Å²) in [4.78, 5) is 2.33. The van der Waals surface area contributed by atoms with Crippen LogP contribution in [0.25, 0.3) is 198 Å². The summed E-state index contributed by atoms with van der Waals surface area (Å²) < 4.78 is 25.3. The van der Waals surface area contributed by atoms with Gasteiger partial charge in [-0.15, -0.1) is 0 Å². The summed E-state index contributed by atoms with van der Waals surface area (Å²) in [6, 6.07) is 149. The Morgan fingerprint density at radius 3 is 0.762 bits per heavy atom. The minimum absolute atomic E-state index is 0. The lowest BCUT2D eigenvalue weighted by Gasteiger charge is -2.26. The van der Waals surface area contributed by atoms with Crippen molar-refractivity contribution in [2.45, 2.75) is 7.43 Å². The number of hydrogen-bond donors (Lipinski definition) is 1. The van der Waals surface area contributed by atoms with Gasteiger partial charge in [0.15, 0.2) is 0 Å². The zero-order chi connectivity index (χ0) is 80.9. The first-order valence-electron chi connectivity index (χ1n) is 40.5. The molecule has 20 aromatic carbocycles. The molecule has 4 heterocycles. The van der Waals surface area contributed by atoms with E-state index in [-0.39, 0.29) is 8.85 Å². The van der Waals surface area contributed by atoms with Crippen LogP contribution in [0.4, 0.5) is 28.4 Å². The van der Waals surface area contributed by atoms with Crippen LogP contribution >= 0.6 is 11.6 Å². The summed E-state index contributed by atoms with van der Waals surface area (Å²) in [6.45, 7) is 0. The molecule has 9 heteroatoms. The maximum atomic E-state index is 6.43. The topological polar surface area (TPSA) is 67.8 Å². The van der Waals surface area contributed by atoms with E-state index in [0.29, 0.717) is 0 Å². The molecule has 1 N–H and O–H groups in total. The number of nitrogens with one attached hydrogen (secondary N) is 1. The van der Waals surface area contributed by atoms with E-state index in [9.17, 15) is 0 Å². The van der Waals surface area contributed by atoms with Crippen LogP contribution in [-0.4, -0.2) is 15.5 Å². The predicted octanol–water partition coefficient (Wildman–Crippen LogP) is 33.3. The summed E-state index contributed by atoms with van der Waals surface area (Å²) in [5.41, 5.74) is 26.2. The van der Waals surface area contributed by atoms with Crippen molar-refractivity contribution in [3.8, 4) is 66.8 Å². The van der Waals surface area contributed by atoms with E-state index < -0.39 is 0 Å². The lowest BCUT2D eigenvalue weighted by molar-refractivity contribution is 0.669. The molecule has 0 amide bonds. The van der Waals surface area contributed by atoms with Crippen LogP contribution in [0.2, 0.25) is 5.02 Å². The van der Waals surface area contributed by atoms with Gasteiger partial charge in [-0.2, -0.15) is 0 Å². The van der Waals surface area contributed by atoms with Gasteiger partial charge in [-0.05, 0) is 185 Å². The molecular formula is C113H77B2ClN2O4. The highest BCUT2D eigenvalue weighted by Crippen LogP contribution is 2.46. The Kier molecular flexibility index (Phi) is 20.1. The number of halogens is 1. The van der Waals surface area contributed by atoms with E-state index in [4.69, 9.17) is 29.3 Å². The summed E-state index contributed by atoms with van der Waals surface area (Å²) in [5, 5.41) is 23.6. The van der Waals surface area contributed by atoms with Gasteiger partial charge in [0.1, 0.15) is 44.7 Å². The van der Waals surface area contributed by atoms with Crippen molar-refractivity contribution in [2.24, 2.45) is 0 Å². The first kappa shape index (κ1) is 75.4. The average Bonchev–Trinajstić information content (AvgIpc) is 0.989. The summed E-state index contributed by atoms with van der Waals surface area (Å²) in [5.74, 6) is 0. The number of fused-ring (bicyclic) bond motifs is 18. The van der Waals surface area contributed by atoms with E-state index in [0.717, 1.165) is 166 Å². The van der Waals surface area contributed by atoms with Crippen molar-refractivity contribution < 1.29 is 19.1 Å². The monoisotopic (exact) mass is 1580 g/mol. The molecule has 0 aliphatic carbocycles. The summed E-state index contributed by atoms with van der Waals surface area (Å²) >= 11 is 6.01. The fourth-order valence-corrected chi connectivity index (χ4v) is 17.7. The Morgan fingerprint density at radius 1 is 0.213 bits per heavy atom. The smallest absolute Gasteiger partial charge is 0.143 e. The van der Waals surface area contributed by atoms with Crippen LogP contribution < -0.4 is 10.2 Å². The zero-order valence-electron chi connectivity index (χ0n) is 65.5. The summed E-state index contributed by atoms with van der Waals surface area (Å²) in [7, 11) is 8.00. The number of hydrogen-bond acceptors (Lipinski definition) is 6. The minimum Gasteiger partial charge on any atom is -0.455 e. The molecule has 6 nitrogen and oxygen atoms in total. The molecule has 0 spiro atoms. The molecule has 0 bridgehead atoms. The largest absolute Gasteiger partial charge is 0.455 e. The Labute approximate surface area is 714 Å². The molecule has 0 fully saturated rings. The second-order valence-electron chi connectivity index (χ2n) is 30.3. The Bertz CT molecular complexity index is 7710. The van der Waals surface area contributed by atoms with Gasteiger partial charge in [0, 0.05) is 116 Å². The third-order valence-electron chi connectivity index (χ3n) is 23.3. The fraction of sp³-hybridized carbons (Fsp3) is 0.00885. The van der Waals surface area contributed by atoms with Crippen molar-refractivity contribution in [1.29, 1.82) is 0 Å². The maximum absolute atomic E-state index is 6.43. The van der Waals surface area contributed by atoms with E-state index in [1.807, 2.05) is 60.7 Å². The average molecular weight is 1580 g/mol. The molecule has 0 atom stereocenters. The summed E-state index contributed by atoms with van der Waals surface area (Å²) in [6.07, 6.45) is 0. The van der Waals surface area contributed by atoms with Crippen molar-refractivity contribution in [1.82, 2.24) is 0 Å². The van der Waals surface area contributed by atoms with Gasteiger partial charge in [-0.1, -0.05) is 347 Å². The Morgan fingerprint density at radius 2 is 0.443 bits per heavy atom. The fourth-order valence-electron chi connectivity index (χ4n) is 17.6. The van der Waals surface area contributed by atoms with Gasteiger partial charge in [0.25, 0.3) is 0 Å². The van der Waals surface area contributed by atoms with Crippen LogP contribution in [0.15, 0.2) is 442 Å². The lowest BCUT2D eigenvalue weighted by Crippen LogP contribution is -2.09. The second-order valence-corrected chi connectivity index (χ2v) is 30.7. The van der Waals surface area contributed by atoms with Crippen LogP contribution in [0.3, 0.4) is 0 Å². The quantitative estimate of drug-likeness (QED) is 0.103. The molecule has 122 heavy (non-hydrogen) atoms. The molecule has 4 radical (unpaired) electrons. The third kappa shape index (κ3) is 13.9. The molecular weight excluding hydrogens is 1510 g/mol. The molecule has 0 aliphatic rings. The first-order valence-corrected chi connectivity index (χ1v) is 40.9. The standard InChI is InChI=1S/C56H35NO2.C36H23NO2.C20H13Cl.CH4.B2.H2/c1-2-12-44-36(10-1)22-23-40-11-7-15-45(54(40)44)37-24-30-41(31-25-37)57(42-32-26-38(27-33-42)46-16-8-18-50-48-13-3-5-20-52(48)58-55(46)50)43-34-28-39(29-35-43)47-17-9-19-51-49-14-4-6-21-53(49)59-56(47)51;1-3-13-33-29(7-1)31-11-5-9-27(35(31)38-33)23-15-19-25(20-16-23)37-26-21-17-24(18-22-26)28-10-6-12-32-30-8-2-4-14-34(30)39-36(28)32;21-17-12-10-15(11-13-17)19-7-3-5-16-9-8-14-4-1-2-6-18(14)20(16)19;;1-2;/h1-35H;1-22,37H;1-13H;1H4;;1H. The van der Waals surface area contributed by atoms with Crippen molar-refractivity contribution in [3.63, 3.8) is 0 Å². The van der Waals surface area contributed by atoms with Crippen LogP contribution in [0, 0.1) is 0 Å². The van der Waals surface area contributed by atoms with Gasteiger partial charge in [-0.25, -0.2) is 0 Å². The second kappa shape index (κ2) is 32.5. The van der Waals surface area contributed by atoms with E-state index in [1.165, 1.54) is 65.3 Å². The highest BCUT2D eigenvalue weighted by Gasteiger charge is 2.21. The molecule has 576 valence electrons. The number of benzene rings is 20. The first-order chi connectivity index (χ1) is 59.9. The predicted molar refractivity (Wildman–Crippen MR) is 521 cm³/mol. The number of para-hydroxylation sites is 8. The van der Waals surface area contributed by atoms with E-state index >= 15 is 0 Å². The van der Waals surface area contributed by atoms with Crippen molar-refractivity contribution in [2.75, 3.05) is 10.2 Å². The molecule has 4 aromatic heterocycles. The molecule has 0 saturated heterocycles. The van der Waals surface area contributed by atoms with Crippen LogP contribution in [-0.2, 0) is 0 Å². The van der Waals surface area contributed by atoms with Crippen molar-refractivity contribution in [3.05, 3.63) is 430 Å². The molecule has 0 unspecified atom stereocenters. The molecule has 24 aromatic rings. The van der Waals surface area contributed by atoms with Crippen LogP contribution in [0.5, 0.6) is 0 Å². The number of anilines is 5. The maximum Gasteiger partial charge on any atom is 0.143 e. The van der Waals surface area contributed by atoms with Gasteiger partial charge in [-0.3, -0.25) is 0 Å². The Balaban J connectivity index is 0.000000133. The molecule has 0 saturated carbocycles. The Hall–Kier alpha value is -15.3. The van der Waals surface area contributed by atoms with E-state index in [1.54, 1.807) is 0 Å². The van der Waals surface area contributed by atoms with Gasteiger partial charge >= 0.3 is 0 Å². The number of nitrogens with zero attached hydrogens (tertiary/aromatic N) is 1. The van der Waals surface area contributed by atoms with Gasteiger partial charge < -0.3 is 27.9 Å². The highest BCUT2D eigenvalue weighted by molar-refractivity contribution is 6.75. The highest BCUT2D eigenvalue weighted by atomic mass is 35.5. The van der Waals surface area contributed by atoms with Gasteiger partial charge in [0.05, 0.1) is 0 Å². The van der Waals surface area contributed by atoms with E-state index in [2.05, 4.69) is 390 Å². The zero-order valence-corrected chi connectivity index (χ0v) is 66.3. The normalized spacial score (nSPS) is 11.3. The van der Waals surface area contributed by atoms with Crippen molar-refractivity contribution >= 4 is 186 Å². The van der Waals surface area contributed by atoms with Gasteiger partial charge in [0.2, 0.25) is 0 Å². The van der Waals surface area contributed by atoms with Crippen LogP contribution in [0.1, 0.15) is 8.85 Å². The number of rotatable bonds is 11. The number of furan rings is 4. The molecule has 0 aliphatic heterocycles. The molecule has 24 rings (SSSR count). The minimum atomic E-state index is 0. The SMILES string of the molecule is C.Clc1ccc(-c2cccc3ccc4ccccc4c23)cc1.[B][B].[HH].c1ccc2c(c1)ccc1cccc(-c3ccc(N(c4ccc(-c5cccc6c5oc5ccccc56)cc4)c4ccc(-c5cccc6c5oc5ccccc56)cc4)cc3)c12.c1ccc2c(c1)oc1c(-c3ccc(Nc4ccc(-c5cccc6c5oc5ccccc56)cc4)cc3)cccc12. The lowest BCUT2D eigenvalue weighted by atomic mass is 9.81.